The quantitative estimate of drug-likeness (QED) is 0.750. The summed E-state index contributed by atoms with van der Waals surface area (Å²) in [5.74, 6) is 0.989. The van der Waals surface area contributed by atoms with Crippen molar-refractivity contribution in [2.45, 2.75) is 31.7 Å². The van der Waals surface area contributed by atoms with Gasteiger partial charge in [-0.3, -0.25) is 0 Å². The van der Waals surface area contributed by atoms with Crippen molar-refractivity contribution in [1.82, 2.24) is 0 Å². The number of aryl methyl sites for hydroxylation is 2. The van der Waals surface area contributed by atoms with Gasteiger partial charge in [0, 0.05) is 16.7 Å². The van der Waals surface area contributed by atoms with Gasteiger partial charge in [0.2, 0.25) is 0 Å². The molecule has 2 N–H and O–H groups in total. The van der Waals surface area contributed by atoms with Crippen molar-refractivity contribution in [2.75, 3.05) is 5.75 Å². The van der Waals surface area contributed by atoms with Crippen LogP contribution >= 0.6 is 11.8 Å². The molecular weight excluding hydrogens is 178 g/mol. The average molecular weight is 195 g/mol. The maximum Gasteiger partial charge on any atom is 0.0129 e. The smallest absolute Gasteiger partial charge is 0.0129 e. The van der Waals surface area contributed by atoms with E-state index in [9.17, 15) is 0 Å². The third kappa shape index (κ3) is 3.83. The molecule has 13 heavy (non-hydrogen) atoms. The van der Waals surface area contributed by atoms with E-state index in [2.05, 4.69) is 32.0 Å². The standard InChI is InChI=1S/C11H17NS/c1-8-4-9(2)6-11(5-8)13-7-10(3)12/h4-6,10H,7,12H2,1-3H3. The summed E-state index contributed by atoms with van der Waals surface area (Å²) in [4.78, 5) is 1.33. The molecule has 0 fully saturated rings. The Morgan fingerprint density at radius 2 is 1.77 bits per heavy atom. The summed E-state index contributed by atoms with van der Waals surface area (Å²) in [5, 5.41) is 0. The van der Waals surface area contributed by atoms with Gasteiger partial charge in [0.1, 0.15) is 0 Å². The fourth-order valence-electron chi connectivity index (χ4n) is 1.24. The van der Waals surface area contributed by atoms with Crippen LogP contribution in [-0.2, 0) is 0 Å². The van der Waals surface area contributed by atoms with Gasteiger partial charge in [0.05, 0.1) is 0 Å². The zero-order valence-electron chi connectivity index (χ0n) is 8.50. The molecule has 0 bridgehead atoms. The summed E-state index contributed by atoms with van der Waals surface area (Å²) in [6.07, 6.45) is 0. The van der Waals surface area contributed by atoms with Gasteiger partial charge in [-0.15, -0.1) is 11.8 Å². The van der Waals surface area contributed by atoms with Crippen molar-refractivity contribution >= 4 is 11.8 Å². The predicted octanol–water partition coefficient (Wildman–Crippen LogP) is 2.74. The number of benzene rings is 1. The Kier molecular flexibility index (Phi) is 3.82. The first kappa shape index (κ1) is 10.6. The van der Waals surface area contributed by atoms with E-state index < -0.39 is 0 Å². The van der Waals surface area contributed by atoms with Crippen molar-refractivity contribution in [1.29, 1.82) is 0 Å². The predicted molar refractivity (Wildman–Crippen MR) is 60.3 cm³/mol. The van der Waals surface area contributed by atoms with Crippen LogP contribution < -0.4 is 5.73 Å². The summed E-state index contributed by atoms with van der Waals surface area (Å²) in [5.41, 5.74) is 8.35. The number of hydrogen-bond donors (Lipinski definition) is 1. The lowest BCUT2D eigenvalue weighted by Gasteiger charge is -2.06. The van der Waals surface area contributed by atoms with Crippen molar-refractivity contribution in [3.8, 4) is 0 Å². The average Bonchev–Trinajstić information content (AvgIpc) is 1.99. The minimum absolute atomic E-state index is 0.269. The lowest BCUT2D eigenvalue weighted by molar-refractivity contribution is 0.847. The first-order valence-electron chi connectivity index (χ1n) is 4.54. The maximum absolute atomic E-state index is 5.70. The van der Waals surface area contributed by atoms with Crippen molar-refractivity contribution in [3.63, 3.8) is 0 Å². The summed E-state index contributed by atoms with van der Waals surface area (Å²) < 4.78 is 0. The van der Waals surface area contributed by atoms with E-state index in [0.29, 0.717) is 0 Å². The molecule has 0 heterocycles. The molecule has 1 nitrogen and oxygen atoms in total. The Balaban J connectivity index is 2.66. The molecule has 2 heteroatoms. The van der Waals surface area contributed by atoms with Gasteiger partial charge in [-0.2, -0.15) is 0 Å². The van der Waals surface area contributed by atoms with Crippen LogP contribution in [0, 0.1) is 13.8 Å². The topological polar surface area (TPSA) is 26.0 Å². The zero-order chi connectivity index (χ0) is 9.84. The Bertz CT molecular complexity index is 261. The second-order valence-electron chi connectivity index (χ2n) is 3.61. The SMILES string of the molecule is Cc1cc(C)cc(SCC(C)N)c1. The van der Waals surface area contributed by atoms with Crippen LogP contribution in [0.5, 0.6) is 0 Å². The third-order valence-corrected chi connectivity index (χ3v) is 2.97. The highest BCUT2D eigenvalue weighted by molar-refractivity contribution is 7.99. The molecule has 1 unspecified atom stereocenters. The van der Waals surface area contributed by atoms with Crippen LogP contribution in [0.1, 0.15) is 18.1 Å². The minimum Gasteiger partial charge on any atom is -0.327 e. The lowest BCUT2D eigenvalue weighted by atomic mass is 10.2. The third-order valence-electron chi connectivity index (χ3n) is 1.71. The van der Waals surface area contributed by atoms with E-state index in [1.807, 2.05) is 18.7 Å². The van der Waals surface area contributed by atoms with Crippen molar-refractivity contribution < 1.29 is 0 Å². The normalized spacial score (nSPS) is 12.9. The Hall–Kier alpha value is -0.470. The fraction of sp³-hybridized carbons (Fsp3) is 0.455. The second-order valence-corrected chi connectivity index (χ2v) is 4.71. The van der Waals surface area contributed by atoms with Crippen LogP contribution in [0.15, 0.2) is 23.1 Å². The maximum atomic E-state index is 5.70. The van der Waals surface area contributed by atoms with Gasteiger partial charge in [-0.1, -0.05) is 6.07 Å². The molecule has 0 aromatic heterocycles. The van der Waals surface area contributed by atoms with E-state index in [-0.39, 0.29) is 6.04 Å². The summed E-state index contributed by atoms with van der Waals surface area (Å²) in [6, 6.07) is 6.88. The van der Waals surface area contributed by atoms with Crippen LogP contribution in [0.3, 0.4) is 0 Å². The molecule has 0 aliphatic heterocycles. The highest BCUT2D eigenvalue weighted by atomic mass is 32.2. The van der Waals surface area contributed by atoms with E-state index in [1.54, 1.807) is 0 Å². The monoisotopic (exact) mass is 195 g/mol. The number of rotatable bonds is 3. The van der Waals surface area contributed by atoms with Gasteiger partial charge in [0.25, 0.3) is 0 Å². The van der Waals surface area contributed by atoms with Gasteiger partial charge in [-0.25, -0.2) is 0 Å². The fourth-order valence-corrected chi connectivity index (χ4v) is 2.24. The van der Waals surface area contributed by atoms with E-state index in [0.717, 1.165) is 5.75 Å². The molecule has 0 saturated carbocycles. The second kappa shape index (κ2) is 4.68. The van der Waals surface area contributed by atoms with Gasteiger partial charge >= 0.3 is 0 Å². The molecule has 0 radical (unpaired) electrons. The first-order chi connectivity index (χ1) is 6.08. The van der Waals surface area contributed by atoms with Crippen LogP contribution in [-0.4, -0.2) is 11.8 Å². The Morgan fingerprint density at radius 3 is 2.23 bits per heavy atom. The Labute approximate surface area is 84.7 Å². The van der Waals surface area contributed by atoms with Gasteiger partial charge in [-0.05, 0) is 44.0 Å². The van der Waals surface area contributed by atoms with Crippen molar-refractivity contribution in [2.24, 2.45) is 5.73 Å². The molecule has 72 valence electrons. The molecule has 0 saturated heterocycles. The first-order valence-corrected chi connectivity index (χ1v) is 5.53. The summed E-state index contributed by atoms with van der Waals surface area (Å²) in [7, 11) is 0. The Morgan fingerprint density at radius 1 is 1.23 bits per heavy atom. The number of nitrogens with two attached hydrogens (primary N) is 1. The lowest BCUT2D eigenvalue weighted by Crippen LogP contribution is -2.17. The van der Waals surface area contributed by atoms with Gasteiger partial charge < -0.3 is 5.73 Å². The van der Waals surface area contributed by atoms with Crippen LogP contribution in [0.4, 0.5) is 0 Å². The van der Waals surface area contributed by atoms with E-state index >= 15 is 0 Å². The van der Waals surface area contributed by atoms with Gasteiger partial charge in [0.15, 0.2) is 0 Å². The molecule has 1 aromatic carbocycles. The largest absolute Gasteiger partial charge is 0.327 e. The highest BCUT2D eigenvalue weighted by Crippen LogP contribution is 2.21. The molecule has 1 rings (SSSR count). The summed E-state index contributed by atoms with van der Waals surface area (Å²) in [6.45, 7) is 6.29. The molecule has 1 atom stereocenters. The zero-order valence-corrected chi connectivity index (χ0v) is 9.32. The van der Waals surface area contributed by atoms with E-state index in [1.165, 1.54) is 16.0 Å². The molecule has 1 aromatic rings. The molecular formula is C11H17NS. The van der Waals surface area contributed by atoms with Crippen LogP contribution in [0.2, 0.25) is 0 Å². The minimum atomic E-state index is 0.269. The highest BCUT2D eigenvalue weighted by Gasteiger charge is 1.98. The van der Waals surface area contributed by atoms with Crippen molar-refractivity contribution in [3.05, 3.63) is 29.3 Å². The molecule has 0 spiro atoms. The van der Waals surface area contributed by atoms with E-state index in [4.69, 9.17) is 5.73 Å². The van der Waals surface area contributed by atoms with Crippen LogP contribution in [0.25, 0.3) is 0 Å². The molecule has 0 aliphatic rings. The molecule has 0 amide bonds. The number of hydrogen-bond acceptors (Lipinski definition) is 2. The molecule has 0 aliphatic carbocycles. The number of thioether (sulfide) groups is 1. The summed E-state index contributed by atoms with van der Waals surface area (Å²) >= 11 is 1.83.